The van der Waals surface area contributed by atoms with E-state index >= 15 is 0 Å². The minimum absolute atomic E-state index is 0.0543. The van der Waals surface area contributed by atoms with E-state index in [1.807, 2.05) is 37.3 Å². The molecule has 0 radical (unpaired) electrons. The monoisotopic (exact) mass is 529 g/mol. The summed E-state index contributed by atoms with van der Waals surface area (Å²) in [6, 6.07) is 17.3. The number of carbonyl (C=O) groups excluding carboxylic acids is 2. The quantitative estimate of drug-likeness (QED) is 0.375. The predicted molar refractivity (Wildman–Crippen MR) is 149 cm³/mol. The summed E-state index contributed by atoms with van der Waals surface area (Å²) in [6.45, 7) is 2.46. The molecule has 2 aromatic carbocycles. The van der Waals surface area contributed by atoms with Crippen LogP contribution in [0.2, 0.25) is 0 Å². The van der Waals surface area contributed by atoms with Crippen molar-refractivity contribution in [1.82, 2.24) is 20.0 Å². The number of halogens is 1. The van der Waals surface area contributed by atoms with E-state index in [4.69, 9.17) is 5.10 Å². The van der Waals surface area contributed by atoms with Gasteiger partial charge in [-0.1, -0.05) is 37.3 Å². The van der Waals surface area contributed by atoms with E-state index in [9.17, 15) is 14.0 Å². The van der Waals surface area contributed by atoms with Crippen LogP contribution in [0.4, 0.5) is 15.0 Å². The number of aromatic nitrogens is 2. The number of benzene rings is 2. The minimum Gasteiger partial charge on any atom is -0.333 e. The molecule has 0 atom stereocenters. The second kappa shape index (κ2) is 10.5. The van der Waals surface area contributed by atoms with Crippen LogP contribution >= 0.6 is 0 Å². The molecule has 4 bridgehead atoms. The van der Waals surface area contributed by atoms with Crippen LogP contribution in [0, 0.1) is 23.6 Å². The smallest absolute Gasteiger partial charge is 0.318 e. The summed E-state index contributed by atoms with van der Waals surface area (Å²) in [7, 11) is 0. The molecule has 1 heterocycles. The van der Waals surface area contributed by atoms with E-state index in [0.717, 1.165) is 49.0 Å². The topological polar surface area (TPSA) is 79.3 Å². The highest BCUT2D eigenvalue weighted by atomic mass is 19.1. The van der Waals surface area contributed by atoms with E-state index in [1.165, 1.54) is 31.4 Å². The highest BCUT2D eigenvalue weighted by Gasteiger charge is 2.51. The molecule has 8 heteroatoms. The van der Waals surface area contributed by atoms with Gasteiger partial charge in [0.15, 0.2) is 0 Å². The van der Waals surface area contributed by atoms with Crippen LogP contribution in [-0.4, -0.2) is 45.2 Å². The zero-order chi connectivity index (χ0) is 27.0. The summed E-state index contributed by atoms with van der Waals surface area (Å²) in [6.07, 6.45) is 7.88. The molecule has 1 aromatic heterocycles. The van der Waals surface area contributed by atoms with Gasteiger partial charge in [-0.25, -0.2) is 13.9 Å². The Labute approximate surface area is 228 Å². The Kier molecular flexibility index (Phi) is 6.87. The van der Waals surface area contributed by atoms with Crippen molar-refractivity contribution >= 4 is 17.8 Å². The summed E-state index contributed by atoms with van der Waals surface area (Å²) in [4.78, 5) is 28.4. The van der Waals surface area contributed by atoms with Crippen molar-refractivity contribution in [2.45, 2.75) is 57.4 Å². The second-order valence-electron chi connectivity index (χ2n) is 11.8. The van der Waals surface area contributed by atoms with E-state index in [0.29, 0.717) is 23.7 Å². The molecule has 7 nitrogen and oxygen atoms in total. The van der Waals surface area contributed by atoms with Gasteiger partial charge in [0, 0.05) is 23.7 Å². The van der Waals surface area contributed by atoms with Crippen molar-refractivity contribution in [3.63, 3.8) is 0 Å². The molecule has 4 saturated carbocycles. The average Bonchev–Trinajstić information content (AvgIpc) is 3.32. The third-order valence-corrected chi connectivity index (χ3v) is 8.64. The van der Waals surface area contributed by atoms with Crippen LogP contribution in [0.15, 0.2) is 60.7 Å². The maximum atomic E-state index is 13.6. The number of nitrogens with one attached hydrogen (secondary N) is 2. The van der Waals surface area contributed by atoms with Gasteiger partial charge in [0.05, 0.1) is 11.4 Å². The Morgan fingerprint density at radius 1 is 1.00 bits per heavy atom. The molecule has 39 heavy (non-hydrogen) atoms. The number of anilines is 1. The van der Waals surface area contributed by atoms with Gasteiger partial charge in [0.1, 0.15) is 18.2 Å². The SMILES string of the molecule is CCCN(CC(=O)Nc1cc(-c2ccccc2)nn1-c1ccc(F)cc1)C(=O)NC12CC3CC(CC(C3)C1)C2. The van der Waals surface area contributed by atoms with Crippen molar-refractivity contribution in [2.24, 2.45) is 17.8 Å². The number of urea groups is 1. The molecule has 4 aliphatic carbocycles. The van der Waals surface area contributed by atoms with Gasteiger partial charge in [-0.15, -0.1) is 0 Å². The lowest BCUT2D eigenvalue weighted by Crippen LogP contribution is -2.62. The normalized spacial score (nSPS) is 24.9. The van der Waals surface area contributed by atoms with Crippen molar-refractivity contribution < 1.29 is 14.0 Å². The Morgan fingerprint density at radius 3 is 2.26 bits per heavy atom. The highest BCUT2D eigenvalue weighted by molar-refractivity contribution is 5.94. The molecule has 0 saturated heterocycles. The Balaban J connectivity index is 1.19. The molecule has 4 fully saturated rings. The summed E-state index contributed by atoms with van der Waals surface area (Å²) in [5.74, 6) is 2.00. The van der Waals surface area contributed by atoms with Crippen molar-refractivity contribution in [3.05, 3.63) is 66.5 Å². The van der Waals surface area contributed by atoms with E-state index in [1.54, 1.807) is 27.8 Å². The number of nitrogens with zero attached hydrogens (tertiary/aromatic N) is 3. The lowest BCUT2D eigenvalue weighted by molar-refractivity contribution is -0.116. The van der Waals surface area contributed by atoms with Crippen molar-refractivity contribution in [3.8, 4) is 16.9 Å². The fourth-order valence-electron chi connectivity index (χ4n) is 7.45. The van der Waals surface area contributed by atoms with E-state index < -0.39 is 0 Å². The van der Waals surface area contributed by atoms with Crippen LogP contribution in [0.1, 0.15) is 51.9 Å². The molecule has 2 N–H and O–H groups in total. The molecule has 0 unspecified atom stereocenters. The minimum atomic E-state index is -0.347. The fraction of sp³-hybridized carbons (Fsp3) is 0.452. The molecule has 3 amide bonds. The van der Waals surface area contributed by atoms with Gasteiger partial charge in [0.2, 0.25) is 5.91 Å². The summed E-state index contributed by atoms with van der Waals surface area (Å²) < 4.78 is 15.2. The number of hydrogen-bond donors (Lipinski definition) is 2. The third kappa shape index (κ3) is 5.42. The number of hydrogen-bond acceptors (Lipinski definition) is 3. The van der Waals surface area contributed by atoms with Crippen LogP contribution in [0.3, 0.4) is 0 Å². The van der Waals surface area contributed by atoms with Crippen LogP contribution < -0.4 is 10.6 Å². The van der Waals surface area contributed by atoms with Gasteiger partial charge < -0.3 is 15.5 Å². The first-order chi connectivity index (χ1) is 18.9. The fourth-order valence-corrected chi connectivity index (χ4v) is 7.45. The lowest BCUT2D eigenvalue weighted by Gasteiger charge is -2.57. The third-order valence-electron chi connectivity index (χ3n) is 8.64. The maximum Gasteiger partial charge on any atom is 0.318 e. The standard InChI is InChI=1S/C31H36FN5O2/c1-2-12-36(30(39)34-31-17-21-13-22(18-31)15-23(14-21)19-31)20-29(38)33-28-16-27(24-6-4-3-5-7-24)35-37(28)26-10-8-25(32)9-11-26/h3-11,16,21-23H,2,12-15,17-20H2,1H3,(H,33,38)(H,34,39). The Bertz CT molecular complexity index is 1300. The Morgan fingerprint density at radius 2 is 1.64 bits per heavy atom. The predicted octanol–water partition coefficient (Wildman–Crippen LogP) is 6.01. The van der Waals surface area contributed by atoms with Gasteiger partial charge in [-0.2, -0.15) is 5.10 Å². The van der Waals surface area contributed by atoms with Gasteiger partial charge >= 0.3 is 6.03 Å². The van der Waals surface area contributed by atoms with Crippen LogP contribution in [0.5, 0.6) is 0 Å². The average molecular weight is 530 g/mol. The van der Waals surface area contributed by atoms with Gasteiger partial charge in [-0.05, 0) is 87.0 Å². The first-order valence-corrected chi connectivity index (χ1v) is 14.2. The summed E-state index contributed by atoms with van der Waals surface area (Å²) in [5, 5.41) is 11.1. The largest absolute Gasteiger partial charge is 0.333 e. The molecule has 0 aliphatic heterocycles. The molecule has 0 spiro atoms. The first kappa shape index (κ1) is 25.6. The number of amides is 3. The van der Waals surface area contributed by atoms with Crippen LogP contribution in [0.25, 0.3) is 16.9 Å². The number of carbonyl (C=O) groups is 2. The Hall–Kier alpha value is -3.68. The molecule has 3 aromatic rings. The molecular weight excluding hydrogens is 493 g/mol. The molecule has 204 valence electrons. The van der Waals surface area contributed by atoms with Crippen molar-refractivity contribution in [1.29, 1.82) is 0 Å². The van der Waals surface area contributed by atoms with Crippen molar-refractivity contribution in [2.75, 3.05) is 18.4 Å². The molecular formula is C31H36FN5O2. The zero-order valence-corrected chi connectivity index (χ0v) is 22.4. The summed E-state index contributed by atoms with van der Waals surface area (Å²) >= 11 is 0. The van der Waals surface area contributed by atoms with E-state index in [2.05, 4.69) is 10.6 Å². The highest BCUT2D eigenvalue weighted by Crippen LogP contribution is 2.55. The first-order valence-electron chi connectivity index (χ1n) is 14.2. The maximum absolute atomic E-state index is 13.6. The number of rotatable bonds is 8. The van der Waals surface area contributed by atoms with E-state index in [-0.39, 0.29) is 29.8 Å². The molecule has 7 rings (SSSR count). The van der Waals surface area contributed by atoms with Crippen LogP contribution in [-0.2, 0) is 4.79 Å². The van der Waals surface area contributed by atoms with Gasteiger partial charge in [0.25, 0.3) is 0 Å². The lowest BCUT2D eigenvalue weighted by atomic mass is 9.53. The molecule has 4 aliphatic rings. The summed E-state index contributed by atoms with van der Waals surface area (Å²) in [5.41, 5.74) is 2.09. The van der Waals surface area contributed by atoms with Gasteiger partial charge in [-0.3, -0.25) is 4.79 Å². The second-order valence-corrected chi connectivity index (χ2v) is 11.8. The zero-order valence-electron chi connectivity index (χ0n) is 22.4.